The van der Waals surface area contributed by atoms with Crippen LogP contribution < -0.4 is 5.32 Å². The molecular weight excluding hydrogens is 330 g/mol. The van der Waals surface area contributed by atoms with Crippen LogP contribution in [0.15, 0.2) is 29.2 Å². The van der Waals surface area contributed by atoms with Gasteiger partial charge in [-0.3, -0.25) is 9.59 Å². The Hall–Kier alpha value is -1.89. The van der Waals surface area contributed by atoms with Gasteiger partial charge in [-0.1, -0.05) is 30.5 Å². The number of amides is 1. The van der Waals surface area contributed by atoms with E-state index in [-0.39, 0.29) is 35.6 Å². The van der Waals surface area contributed by atoms with Gasteiger partial charge in [0, 0.05) is 6.04 Å². The fraction of sp³-hybridized carbons (Fsp3) is 0.529. The number of ether oxygens (including phenoxy) is 1. The minimum atomic E-state index is -3.53. The Bertz CT molecular complexity index is 675. The summed E-state index contributed by atoms with van der Waals surface area (Å²) in [6.07, 6.45) is 3.83. The monoisotopic (exact) mass is 353 g/mol. The lowest BCUT2D eigenvalue weighted by Gasteiger charge is -2.12. The average Bonchev–Trinajstić information content (AvgIpc) is 3.04. The van der Waals surface area contributed by atoms with Gasteiger partial charge in [0.15, 0.2) is 16.4 Å². The van der Waals surface area contributed by atoms with Crippen LogP contribution in [-0.4, -0.2) is 38.7 Å². The van der Waals surface area contributed by atoms with E-state index in [0.717, 1.165) is 31.2 Å². The lowest BCUT2D eigenvalue weighted by Crippen LogP contribution is -2.36. The number of benzene rings is 1. The van der Waals surface area contributed by atoms with Gasteiger partial charge in [-0.25, -0.2) is 8.42 Å². The van der Waals surface area contributed by atoms with Gasteiger partial charge < -0.3 is 10.1 Å². The zero-order valence-electron chi connectivity index (χ0n) is 13.8. The van der Waals surface area contributed by atoms with Crippen molar-refractivity contribution in [1.82, 2.24) is 5.32 Å². The second-order valence-corrected chi connectivity index (χ2v) is 8.20. The summed E-state index contributed by atoms with van der Waals surface area (Å²) in [4.78, 5) is 23.5. The van der Waals surface area contributed by atoms with Crippen molar-refractivity contribution in [1.29, 1.82) is 0 Å². The molecule has 132 valence electrons. The van der Waals surface area contributed by atoms with Crippen molar-refractivity contribution in [3.8, 4) is 0 Å². The molecule has 7 heteroatoms. The Balaban J connectivity index is 1.73. The molecule has 0 heterocycles. The first-order valence-electron chi connectivity index (χ1n) is 8.11. The van der Waals surface area contributed by atoms with E-state index in [1.54, 1.807) is 12.1 Å². The highest BCUT2D eigenvalue weighted by Gasteiger charge is 2.19. The molecule has 1 fully saturated rings. The number of rotatable bonds is 7. The summed E-state index contributed by atoms with van der Waals surface area (Å²) in [5.74, 6) is -1.36. The first-order valence-corrected chi connectivity index (χ1v) is 9.76. The number of aryl methyl sites for hydroxylation is 1. The number of esters is 1. The summed E-state index contributed by atoms with van der Waals surface area (Å²) < 4.78 is 29.1. The summed E-state index contributed by atoms with van der Waals surface area (Å²) in [5, 5.41) is 2.80. The normalized spacial score (nSPS) is 15.2. The second-order valence-electron chi connectivity index (χ2n) is 6.09. The van der Waals surface area contributed by atoms with Gasteiger partial charge >= 0.3 is 5.97 Å². The molecule has 1 saturated carbocycles. The van der Waals surface area contributed by atoms with E-state index in [1.165, 1.54) is 12.1 Å². The van der Waals surface area contributed by atoms with Crippen molar-refractivity contribution in [2.24, 2.45) is 0 Å². The lowest BCUT2D eigenvalue weighted by atomic mass is 10.2. The fourth-order valence-corrected chi connectivity index (χ4v) is 3.86. The highest BCUT2D eigenvalue weighted by Crippen LogP contribution is 2.17. The van der Waals surface area contributed by atoms with Gasteiger partial charge in [0.25, 0.3) is 5.91 Å². The second kappa shape index (κ2) is 8.28. The van der Waals surface area contributed by atoms with E-state index in [1.807, 2.05) is 6.92 Å². The van der Waals surface area contributed by atoms with Gasteiger partial charge in [0.1, 0.15) is 0 Å². The van der Waals surface area contributed by atoms with Crippen LogP contribution in [0.25, 0.3) is 0 Å². The van der Waals surface area contributed by atoms with E-state index in [9.17, 15) is 18.0 Å². The smallest absolute Gasteiger partial charge is 0.307 e. The fourth-order valence-electron chi connectivity index (χ4n) is 2.64. The molecule has 0 saturated heterocycles. The molecule has 24 heavy (non-hydrogen) atoms. The third kappa shape index (κ3) is 5.63. The molecule has 1 aromatic rings. The molecule has 2 rings (SSSR count). The quantitative estimate of drug-likeness (QED) is 0.755. The van der Waals surface area contributed by atoms with Crippen molar-refractivity contribution in [2.45, 2.75) is 50.0 Å². The van der Waals surface area contributed by atoms with Crippen LogP contribution in [0.4, 0.5) is 0 Å². The maximum atomic E-state index is 12.1. The molecule has 0 spiro atoms. The summed E-state index contributed by atoms with van der Waals surface area (Å²) in [5.41, 5.74) is 0.960. The third-order valence-electron chi connectivity index (χ3n) is 4.04. The molecule has 6 nitrogen and oxygen atoms in total. The largest absolute Gasteiger partial charge is 0.456 e. The number of hydrogen-bond donors (Lipinski definition) is 1. The van der Waals surface area contributed by atoms with E-state index in [2.05, 4.69) is 5.32 Å². The molecule has 0 bridgehead atoms. The first kappa shape index (κ1) is 18.4. The Kier molecular flexibility index (Phi) is 6.36. The minimum absolute atomic E-state index is 0.165. The first-order chi connectivity index (χ1) is 11.4. The van der Waals surface area contributed by atoms with Crippen LogP contribution in [0, 0.1) is 6.92 Å². The van der Waals surface area contributed by atoms with Crippen molar-refractivity contribution in [3.05, 3.63) is 29.8 Å². The Morgan fingerprint density at radius 2 is 1.79 bits per heavy atom. The molecule has 1 aliphatic carbocycles. The molecule has 0 aromatic heterocycles. The van der Waals surface area contributed by atoms with E-state index in [4.69, 9.17) is 4.74 Å². The highest BCUT2D eigenvalue weighted by molar-refractivity contribution is 7.91. The molecular formula is C17H23NO5S. The molecule has 1 aromatic carbocycles. The topological polar surface area (TPSA) is 89.5 Å². The number of nitrogens with one attached hydrogen (secondary N) is 1. The van der Waals surface area contributed by atoms with E-state index in [0.29, 0.717) is 0 Å². The third-order valence-corrected chi connectivity index (χ3v) is 5.77. The van der Waals surface area contributed by atoms with Gasteiger partial charge in [-0.15, -0.1) is 0 Å². The van der Waals surface area contributed by atoms with Crippen molar-refractivity contribution >= 4 is 21.7 Å². The Morgan fingerprint density at radius 3 is 2.42 bits per heavy atom. The van der Waals surface area contributed by atoms with Crippen molar-refractivity contribution in [3.63, 3.8) is 0 Å². The summed E-state index contributed by atoms with van der Waals surface area (Å²) >= 11 is 0. The molecule has 1 amide bonds. The van der Waals surface area contributed by atoms with Crippen LogP contribution in [0.5, 0.6) is 0 Å². The van der Waals surface area contributed by atoms with Crippen molar-refractivity contribution < 1.29 is 22.7 Å². The zero-order chi connectivity index (χ0) is 17.6. The van der Waals surface area contributed by atoms with Crippen molar-refractivity contribution in [2.75, 3.05) is 12.4 Å². The Labute approximate surface area is 142 Å². The molecule has 1 aliphatic rings. The average molecular weight is 353 g/mol. The van der Waals surface area contributed by atoms with Gasteiger partial charge in [0.05, 0.1) is 17.1 Å². The zero-order valence-corrected chi connectivity index (χ0v) is 14.6. The van der Waals surface area contributed by atoms with Crippen LogP contribution in [-0.2, 0) is 24.2 Å². The van der Waals surface area contributed by atoms with Crippen LogP contribution in [0.3, 0.4) is 0 Å². The summed E-state index contributed by atoms with van der Waals surface area (Å²) in [6.45, 7) is 1.50. The maximum Gasteiger partial charge on any atom is 0.307 e. The van der Waals surface area contributed by atoms with Gasteiger partial charge in [-0.2, -0.15) is 0 Å². The lowest BCUT2D eigenvalue weighted by molar-refractivity contribution is -0.148. The minimum Gasteiger partial charge on any atom is -0.456 e. The molecule has 0 atom stereocenters. The SMILES string of the molecule is Cc1ccc(S(=O)(=O)CCC(=O)OCC(=O)NC2CCCC2)cc1. The van der Waals surface area contributed by atoms with E-state index < -0.39 is 15.8 Å². The number of carbonyl (C=O) groups excluding carboxylic acids is 2. The summed E-state index contributed by atoms with van der Waals surface area (Å²) in [7, 11) is -3.53. The molecule has 0 aliphatic heterocycles. The standard InChI is InChI=1S/C17H23NO5S/c1-13-6-8-15(9-7-13)24(21,22)11-10-17(20)23-12-16(19)18-14-4-2-3-5-14/h6-9,14H,2-5,10-12H2,1H3,(H,18,19). The predicted molar refractivity (Wildman–Crippen MR) is 89.2 cm³/mol. The number of carbonyl (C=O) groups is 2. The summed E-state index contributed by atoms with van der Waals surface area (Å²) in [6, 6.07) is 6.62. The van der Waals surface area contributed by atoms with Crippen LogP contribution in [0.1, 0.15) is 37.7 Å². The molecule has 1 N–H and O–H groups in total. The Morgan fingerprint density at radius 1 is 1.17 bits per heavy atom. The molecule has 0 radical (unpaired) electrons. The van der Waals surface area contributed by atoms with Crippen LogP contribution in [0.2, 0.25) is 0 Å². The van der Waals surface area contributed by atoms with E-state index >= 15 is 0 Å². The predicted octanol–water partition coefficient (Wildman–Crippen LogP) is 1.76. The number of sulfone groups is 1. The highest BCUT2D eigenvalue weighted by atomic mass is 32.2. The van der Waals surface area contributed by atoms with Gasteiger partial charge in [-0.05, 0) is 31.9 Å². The number of hydrogen-bond acceptors (Lipinski definition) is 5. The maximum absolute atomic E-state index is 12.1. The van der Waals surface area contributed by atoms with Crippen LogP contribution >= 0.6 is 0 Å². The van der Waals surface area contributed by atoms with Gasteiger partial charge in [0.2, 0.25) is 0 Å². The molecule has 0 unspecified atom stereocenters.